The molecule has 0 rings (SSSR count). The molecule has 0 amide bonds. The van der Waals surface area contributed by atoms with E-state index >= 15 is 0 Å². The van der Waals surface area contributed by atoms with Gasteiger partial charge in [-0.3, -0.25) is 0 Å². The lowest BCUT2D eigenvalue weighted by molar-refractivity contribution is 0.478. The largest absolute Gasteiger partial charge is 0.359 e. The van der Waals surface area contributed by atoms with Crippen LogP contribution < -0.4 is 5.32 Å². The summed E-state index contributed by atoms with van der Waals surface area (Å²) in [6.07, 6.45) is 6.06. The molecule has 0 aromatic carbocycles. The molecule has 0 saturated carbocycles. The average molecular weight is 205 g/mol. The quantitative estimate of drug-likeness (QED) is 0.679. The Hall–Kier alpha value is -1.24. The third kappa shape index (κ3) is 5.95. The Bertz CT molecular complexity index is 298. The Balaban J connectivity index is 4.29. The van der Waals surface area contributed by atoms with Crippen LogP contribution in [0.15, 0.2) is 48.4 Å². The smallest absolute Gasteiger partial charge is 0.0308 e. The molecule has 0 heterocycles. The summed E-state index contributed by atoms with van der Waals surface area (Å²) in [6, 6.07) is 0. The van der Waals surface area contributed by atoms with E-state index in [0.29, 0.717) is 0 Å². The number of allylic oxidation sites excluding steroid dienone is 5. The predicted octanol–water partition coefficient (Wildman–Crippen LogP) is 4.17. The summed E-state index contributed by atoms with van der Waals surface area (Å²) < 4.78 is 0. The van der Waals surface area contributed by atoms with Crippen LogP contribution in [0.5, 0.6) is 0 Å². The maximum atomic E-state index is 3.99. The summed E-state index contributed by atoms with van der Waals surface area (Å²) in [5.41, 5.74) is 3.14. The topological polar surface area (TPSA) is 12.0 Å². The summed E-state index contributed by atoms with van der Waals surface area (Å²) in [7, 11) is 0. The second kappa shape index (κ2) is 5.59. The lowest BCUT2D eigenvalue weighted by Crippen LogP contribution is -2.21. The van der Waals surface area contributed by atoms with E-state index in [1.54, 1.807) is 0 Å². The molecule has 0 aromatic heterocycles. The zero-order chi connectivity index (χ0) is 12.1. The number of hydrogen-bond donors (Lipinski definition) is 1. The van der Waals surface area contributed by atoms with Crippen LogP contribution in [0.25, 0.3) is 0 Å². The van der Waals surface area contributed by atoms with Crippen LogP contribution in [0.4, 0.5) is 0 Å². The van der Waals surface area contributed by atoms with E-state index in [-0.39, 0.29) is 5.41 Å². The zero-order valence-corrected chi connectivity index (χ0v) is 10.6. The minimum atomic E-state index is 0.0619. The zero-order valence-electron chi connectivity index (χ0n) is 10.6. The highest BCUT2D eigenvalue weighted by atomic mass is 14.9. The van der Waals surface area contributed by atoms with E-state index in [1.165, 1.54) is 5.57 Å². The van der Waals surface area contributed by atoms with Gasteiger partial charge in [-0.05, 0) is 19.9 Å². The fourth-order valence-corrected chi connectivity index (χ4v) is 0.751. The fourth-order valence-electron chi connectivity index (χ4n) is 0.751. The van der Waals surface area contributed by atoms with E-state index in [4.69, 9.17) is 0 Å². The summed E-state index contributed by atoms with van der Waals surface area (Å²) in [5.74, 6) is 0. The Morgan fingerprint density at radius 1 is 1.13 bits per heavy atom. The van der Waals surface area contributed by atoms with Gasteiger partial charge in [0.05, 0.1) is 0 Å². The molecule has 1 heteroatoms. The van der Waals surface area contributed by atoms with Gasteiger partial charge < -0.3 is 5.32 Å². The molecule has 0 atom stereocenters. The monoisotopic (exact) mass is 205 g/mol. The van der Waals surface area contributed by atoms with Crippen molar-refractivity contribution < 1.29 is 0 Å². The van der Waals surface area contributed by atoms with Gasteiger partial charge in [-0.15, -0.1) is 0 Å². The lowest BCUT2D eigenvalue weighted by atomic mass is 9.93. The van der Waals surface area contributed by atoms with Crippen LogP contribution in [0.3, 0.4) is 0 Å². The second-order valence-electron chi connectivity index (χ2n) is 4.74. The van der Waals surface area contributed by atoms with Crippen LogP contribution in [0, 0.1) is 5.41 Å². The summed E-state index contributed by atoms with van der Waals surface area (Å²) in [6.45, 7) is 18.4. The Kier molecular flexibility index (Phi) is 5.13. The first-order valence-electron chi connectivity index (χ1n) is 5.23. The number of hydrogen-bond acceptors (Lipinski definition) is 1. The van der Waals surface area contributed by atoms with Crippen molar-refractivity contribution in [3.63, 3.8) is 0 Å². The molecule has 0 fully saturated rings. The SMILES string of the molecule is C=C(/C=C\C(C)=C/C)NC(=C)C(C)(C)C. The van der Waals surface area contributed by atoms with Crippen molar-refractivity contribution >= 4 is 0 Å². The fraction of sp³-hybridized carbons (Fsp3) is 0.429. The highest BCUT2D eigenvalue weighted by Crippen LogP contribution is 2.21. The van der Waals surface area contributed by atoms with Crippen molar-refractivity contribution in [2.75, 3.05) is 0 Å². The Morgan fingerprint density at radius 3 is 2.07 bits per heavy atom. The van der Waals surface area contributed by atoms with Gasteiger partial charge in [0, 0.05) is 16.8 Å². The van der Waals surface area contributed by atoms with Crippen molar-refractivity contribution in [2.24, 2.45) is 5.41 Å². The van der Waals surface area contributed by atoms with Crippen molar-refractivity contribution in [3.8, 4) is 0 Å². The van der Waals surface area contributed by atoms with Gasteiger partial charge in [-0.25, -0.2) is 0 Å². The van der Waals surface area contributed by atoms with Gasteiger partial charge in [-0.2, -0.15) is 0 Å². The van der Waals surface area contributed by atoms with Gasteiger partial charge in [0.1, 0.15) is 0 Å². The van der Waals surface area contributed by atoms with Crippen molar-refractivity contribution in [3.05, 3.63) is 48.4 Å². The van der Waals surface area contributed by atoms with Gasteiger partial charge in [0.25, 0.3) is 0 Å². The van der Waals surface area contributed by atoms with Crippen LogP contribution in [-0.4, -0.2) is 0 Å². The van der Waals surface area contributed by atoms with E-state index in [9.17, 15) is 0 Å². The van der Waals surface area contributed by atoms with Crippen LogP contribution in [-0.2, 0) is 0 Å². The van der Waals surface area contributed by atoms with Gasteiger partial charge in [-0.1, -0.05) is 51.7 Å². The van der Waals surface area contributed by atoms with Crippen molar-refractivity contribution in [1.29, 1.82) is 0 Å². The normalized spacial score (nSPS) is 13.0. The molecule has 1 N–H and O–H groups in total. The van der Waals surface area contributed by atoms with Gasteiger partial charge in [0.15, 0.2) is 0 Å². The molecular weight excluding hydrogens is 182 g/mol. The number of nitrogens with one attached hydrogen (secondary N) is 1. The molecule has 0 aromatic rings. The van der Waals surface area contributed by atoms with E-state index in [1.807, 2.05) is 19.1 Å². The molecule has 0 saturated heterocycles. The highest BCUT2D eigenvalue weighted by Gasteiger charge is 2.14. The third-order valence-electron chi connectivity index (χ3n) is 2.22. The first-order valence-corrected chi connectivity index (χ1v) is 5.23. The first kappa shape index (κ1) is 13.8. The summed E-state index contributed by atoms with van der Waals surface area (Å²) in [5, 5.41) is 3.20. The molecule has 0 bridgehead atoms. The third-order valence-corrected chi connectivity index (χ3v) is 2.22. The molecule has 15 heavy (non-hydrogen) atoms. The minimum Gasteiger partial charge on any atom is -0.359 e. The van der Waals surface area contributed by atoms with Crippen LogP contribution in [0.2, 0.25) is 0 Å². The summed E-state index contributed by atoms with van der Waals surface area (Å²) >= 11 is 0. The van der Waals surface area contributed by atoms with E-state index in [2.05, 4.69) is 52.2 Å². The van der Waals surface area contributed by atoms with Crippen LogP contribution in [0.1, 0.15) is 34.6 Å². The number of rotatable bonds is 4. The molecule has 0 unspecified atom stereocenters. The molecular formula is C14H23N. The maximum Gasteiger partial charge on any atom is 0.0308 e. The molecule has 84 valence electrons. The molecule has 0 aliphatic rings. The van der Waals surface area contributed by atoms with Gasteiger partial charge in [0.2, 0.25) is 0 Å². The van der Waals surface area contributed by atoms with E-state index in [0.717, 1.165) is 11.4 Å². The standard InChI is InChI=1S/C14H23N/c1-8-11(2)9-10-12(3)15-13(4)14(5,6)7/h8-10,15H,3-4H2,1-2,5-7H3/b10-9-,11-8-. The molecule has 0 aliphatic heterocycles. The Labute approximate surface area is 94.3 Å². The van der Waals surface area contributed by atoms with Crippen LogP contribution >= 0.6 is 0 Å². The molecule has 0 aliphatic carbocycles. The van der Waals surface area contributed by atoms with E-state index < -0.39 is 0 Å². The first-order chi connectivity index (χ1) is 6.77. The molecule has 0 spiro atoms. The maximum absolute atomic E-state index is 3.99. The van der Waals surface area contributed by atoms with Gasteiger partial charge >= 0.3 is 0 Å². The average Bonchev–Trinajstić information content (AvgIpc) is 2.12. The highest BCUT2D eigenvalue weighted by molar-refractivity contribution is 5.26. The second-order valence-corrected chi connectivity index (χ2v) is 4.74. The van der Waals surface area contributed by atoms with Crippen molar-refractivity contribution in [2.45, 2.75) is 34.6 Å². The lowest BCUT2D eigenvalue weighted by Gasteiger charge is -2.23. The van der Waals surface area contributed by atoms with Crippen molar-refractivity contribution in [1.82, 2.24) is 5.32 Å². The minimum absolute atomic E-state index is 0.0619. The Morgan fingerprint density at radius 2 is 1.67 bits per heavy atom. The predicted molar refractivity (Wildman–Crippen MR) is 69.4 cm³/mol. The molecule has 1 nitrogen and oxygen atoms in total. The molecule has 0 radical (unpaired) electrons. The summed E-state index contributed by atoms with van der Waals surface area (Å²) in [4.78, 5) is 0.